The van der Waals surface area contributed by atoms with Crippen molar-refractivity contribution in [3.05, 3.63) is 60.2 Å². The van der Waals surface area contributed by atoms with E-state index in [4.69, 9.17) is 4.74 Å². The molecule has 0 saturated heterocycles. The standard InChI is InChI=1S/C16H17NO2/c1-13-8-10-15(11-9-13)19-12-16(18)17(2)14-6-4-3-5-7-14/h3-11H,12H2,1-2H3. The summed E-state index contributed by atoms with van der Waals surface area (Å²) in [5.74, 6) is 0.632. The molecule has 19 heavy (non-hydrogen) atoms. The zero-order valence-electron chi connectivity index (χ0n) is 11.2. The minimum Gasteiger partial charge on any atom is -0.484 e. The van der Waals surface area contributed by atoms with Crippen LogP contribution in [0.1, 0.15) is 5.56 Å². The Morgan fingerprint density at radius 3 is 2.32 bits per heavy atom. The van der Waals surface area contributed by atoms with E-state index in [1.54, 1.807) is 11.9 Å². The number of carbonyl (C=O) groups excluding carboxylic acids is 1. The molecule has 3 heteroatoms. The third-order valence-corrected chi connectivity index (χ3v) is 2.90. The first-order valence-corrected chi connectivity index (χ1v) is 6.18. The van der Waals surface area contributed by atoms with Crippen LogP contribution in [0.5, 0.6) is 5.75 Å². The molecule has 0 aliphatic heterocycles. The van der Waals surface area contributed by atoms with Crippen LogP contribution in [0.2, 0.25) is 0 Å². The molecule has 0 heterocycles. The van der Waals surface area contributed by atoms with E-state index in [-0.39, 0.29) is 12.5 Å². The van der Waals surface area contributed by atoms with Crippen molar-refractivity contribution in [3.63, 3.8) is 0 Å². The van der Waals surface area contributed by atoms with E-state index >= 15 is 0 Å². The van der Waals surface area contributed by atoms with Gasteiger partial charge in [-0.05, 0) is 31.2 Å². The van der Waals surface area contributed by atoms with Gasteiger partial charge in [0.15, 0.2) is 6.61 Å². The summed E-state index contributed by atoms with van der Waals surface area (Å²) in [5, 5.41) is 0. The number of anilines is 1. The van der Waals surface area contributed by atoms with Crippen molar-refractivity contribution in [1.82, 2.24) is 0 Å². The van der Waals surface area contributed by atoms with Crippen LogP contribution < -0.4 is 9.64 Å². The lowest BCUT2D eigenvalue weighted by Gasteiger charge is -2.17. The number of aryl methyl sites for hydroxylation is 1. The van der Waals surface area contributed by atoms with E-state index < -0.39 is 0 Å². The van der Waals surface area contributed by atoms with Crippen LogP contribution in [0.3, 0.4) is 0 Å². The first-order chi connectivity index (χ1) is 9.16. The highest BCUT2D eigenvalue weighted by Gasteiger charge is 2.10. The van der Waals surface area contributed by atoms with Crippen molar-refractivity contribution in [2.24, 2.45) is 0 Å². The van der Waals surface area contributed by atoms with Gasteiger partial charge in [0.05, 0.1) is 0 Å². The molecule has 0 spiro atoms. The van der Waals surface area contributed by atoms with Gasteiger partial charge in [-0.1, -0.05) is 35.9 Å². The van der Waals surface area contributed by atoms with Crippen molar-refractivity contribution >= 4 is 11.6 Å². The van der Waals surface area contributed by atoms with Crippen molar-refractivity contribution in [2.45, 2.75) is 6.92 Å². The fraction of sp³-hybridized carbons (Fsp3) is 0.188. The fourth-order valence-corrected chi connectivity index (χ4v) is 1.67. The number of likely N-dealkylation sites (N-methyl/N-ethyl adjacent to an activating group) is 1. The molecule has 0 N–H and O–H groups in total. The van der Waals surface area contributed by atoms with E-state index in [1.807, 2.05) is 61.5 Å². The minimum atomic E-state index is -0.0771. The first-order valence-electron chi connectivity index (χ1n) is 6.18. The molecule has 3 nitrogen and oxygen atoms in total. The molecular weight excluding hydrogens is 238 g/mol. The fourth-order valence-electron chi connectivity index (χ4n) is 1.67. The van der Waals surface area contributed by atoms with E-state index in [0.29, 0.717) is 5.75 Å². The smallest absolute Gasteiger partial charge is 0.264 e. The molecule has 0 saturated carbocycles. The number of ether oxygens (including phenoxy) is 1. The molecule has 2 rings (SSSR count). The van der Waals surface area contributed by atoms with Gasteiger partial charge in [0.2, 0.25) is 0 Å². The second-order valence-electron chi connectivity index (χ2n) is 4.39. The van der Waals surface area contributed by atoms with Crippen molar-refractivity contribution in [2.75, 3.05) is 18.6 Å². The van der Waals surface area contributed by atoms with Gasteiger partial charge < -0.3 is 9.64 Å². The van der Waals surface area contributed by atoms with Crippen LogP contribution in [0, 0.1) is 6.92 Å². The number of carbonyl (C=O) groups is 1. The number of rotatable bonds is 4. The molecule has 0 atom stereocenters. The zero-order chi connectivity index (χ0) is 13.7. The molecule has 2 aromatic carbocycles. The monoisotopic (exact) mass is 255 g/mol. The predicted molar refractivity (Wildman–Crippen MR) is 76.5 cm³/mol. The molecule has 0 aromatic heterocycles. The summed E-state index contributed by atoms with van der Waals surface area (Å²) in [5.41, 5.74) is 2.03. The summed E-state index contributed by atoms with van der Waals surface area (Å²) in [7, 11) is 1.75. The van der Waals surface area contributed by atoms with Crippen molar-refractivity contribution in [1.29, 1.82) is 0 Å². The maximum absolute atomic E-state index is 12.0. The average molecular weight is 255 g/mol. The molecule has 0 fully saturated rings. The van der Waals surface area contributed by atoms with Crippen LogP contribution >= 0.6 is 0 Å². The normalized spacial score (nSPS) is 10.0. The third kappa shape index (κ3) is 3.58. The maximum atomic E-state index is 12.0. The molecule has 1 amide bonds. The Labute approximate surface area is 113 Å². The Kier molecular flexibility index (Phi) is 4.18. The van der Waals surface area contributed by atoms with E-state index in [2.05, 4.69) is 0 Å². The molecule has 0 unspecified atom stereocenters. The van der Waals surface area contributed by atoms with Gasteiger partial charge in [0, 0.05) is 12.7 Å². The predicted octanol–water partition coefficient (Wildman–Crippen LogP) is 3.04. The van der Waals surface area contributed by atoms with Gasteiger partial charge >= 0.3 is 0 Å². The van der Waals surface area contributed by atoms with Gasteiger partial charge in [-0.25, -0.2) is 0 Å². The SMILES string of the molecule is Cc1ccc(OCC(=O)N(C)c2ccccc2)cc1. The molecule has 0 aliphatic carbocycles. The average Bonchev–Trinajstić information content (AvgIpc) is 2.46. The summed E-state index contributed by atoms with van der Waals surface area (Å²) in [6, 6.07) is 17.2. The Morgan fingerprint density at radius 2 is 1.68 bits per heavy atom. The highest BCUT2D eigenvalue weighted by molar-refractivity contribution is 5.93. The van der Waals surface area contributed by atoms with Crippen LogP contribution in [-0.4, -0.2) is 19.6 Å². The summed E-state index contributed by atoms with van der Waals surface area (Å²) >= 11 is 0. The lowest BCUT2D eigenvalue weighted by molar-refractivity contribution is -0.120. The second-order valence-corrected chi connectivity index (χ2v) is 4.39. The number of nitrogens with zero attached hydrogens (tertiary/aromatic N) is 1. The Bertz CT molecular complexity index is 534. The van der Waals surface area contributed by atoms with E-state index in [9.17, 15) is 4.79 Å². The van der Waals surface area contributed by atoms with Gasteiger partial charge in [-0.2, -0.15) is 0 Å². The van der Waals surface area contributed by atoms with E-state index in [0.717, 1.165) is 5.69 Å². The lowest BCUT2D eigenvalue weighted by atomic mass is 10.2. The topological polar surface area (TPSA) is 29.5 Å². The molecule has 2 aromatic rings. The van der Waals surface area contributed by atoms with Gasteiger partial charge in [-0.3, -0.25) is 4.79 Å². The number of benzene rings is 2. The number of para-hydroxylation sites is 1. The van der Waals surface area contributed by atoms with E-state index in [1.165, 1.54) is 5.56 Å². The summed E-state index contributed by atoms with van der Waals surface area (Å²) in [4.78, 5) is 13.6. The highest BCUT2D eigenvalue weighted by atomic mass is 16.5. The Hall–Kier alpha value is -2.29. The summed E-state index contributed by atoms with van der Waals surface area (Å²) in [6.45, 7) is 2.05. The van der Waals surface area contributed by atoms with Gasteiger partial charge in [0.1, 0.15) is 5.75 Å². The minimum absolute atomic E-state index is 0.0362. The summed E-state index contributed by atoms with van der Waals surface area (Å²) in [6.07, 6.45) is 0. The Morgan fingerprint density at radius 1 is 1.05 bits per heavy atom. The summed E-state index contributed by atoms with van der Waals surface area (Å²) < 4.78 is 5.47. The zero-order valence-corrected chi connectivity index (χ0v) is 11.2. The van der Waals surface area contributed by atoms with Crippen LogP contribution in [-0.2, 0) is 4.79 Å². The van der Waals surface area contributed by atoms with Crippen LogP contribution in [0.15, 0.2) is 54.6 Å². The lowest BCUT2D eigenvalue weighted by Crippen LogP contribution is -2.31. The van der Waals surface area contributed by atoms with Crippen LogP contribution in [0.4, 0.5) is 5.69 Å². The first kappa shape index (κ1) is 13.1. The quantitative estimate of drug-likeness (QED) is 0.840. The molecular formula is C16H17NO2. The van der Waals surface area contributed by atoms with Gasteiger partial charge in [0.25, 0.3) is 5.91 Å². The molecule has 0 bridgehead atoms. The maximum Gasteiger partial charge on any atom is 0.264 e. The van der Waals surface area contributed by atoms with Crippen molar-refractivity contribution in [3.8, 4) is 5.75 Å². The number of hydrogen-bond acceptors (Lipinski definition) is 2. The molecule has 0 radical (unpaired) electrons. The number of amides is 1. The van der Waals surface area contributed by atoms with Crippen molar-refractivity contribution < 1.29 is 9.53 Å². The third-order valence-electron chi connectivity index (χ3n) is 2.90. The highest BCUT2D eigenvalue weighted by Crippen LogP contribution is 2.13. The molecule has 98 valence electrons. The van der Waals surface area contributed by atoms with Crippen LogP contribution in [0.25, 0.3) is 0 Å². The molecule has 0 aliphatic rings. The van der Waals surface area contributed by atoms with Gasteiger partial charge in [-0.15, -0.1) is 0 Å². The largest absolute Gasteiger partial charge is 0.484 e. The number of hydrogen-bond donors (Lipinski definition) is 0. The Balaban J connectivity index is 1.93. The second kappa shape index (κ2) is 6.05.